The molecule has 0 saturated carbocycles. The zero-order valence-corrected chi connectivity index (χ0v) is 6.93. The smallest absolute Gasteiger partial charge is 0.214 e. The third-order valence-electron chi connectivity index (χ3n) is 1.07. The minimum absolute atomic E-state index is 0.333. The fourth-order valence-electron chi connectivity index (χ4n) is 0.671. The molecule has 0 aromatic carbocycles. The van der Waals surface area contributed by atoms with Gasteiger partial charge in [-0.05, 0) is 13.0 Å². The van der Waals surface area contributed by atoms with Crippen molar-refractivity contribution in [3.8, 4) is 0 Å². The highest BCUT2D eigenvalue weighted by Gasteiger charge is 1.93. The van der Waals surface area contributed by atoms with Crippen molar-refractivity contribution in [2.75, 3.05) is 26.3 Å². The highest BCUT2D eigenvalue weighted by atomic mass is 16.5. The van der Waals surface area contributed by atoms with Gasteiger partial charge in [0.1, 0.15) is 0 Å². The van der Waals surface area contributed by atoms with Crippen LogP contribution in [0.2, 0.25) is 0 Å². The van der Waals surface area contributed by atoms with Crippen LogP contribution in [0.3, 0.4) is 0 Å². The number of carbonyl (C=O) groups is 1. The van der Waals surface area contributed by atoms with Crippen molar-refractivity contribution in [1.82, 2.24) is 5.32 Å². The number of carbonyl (C=O) groups excluding carboxylic acids is 1. The molecule has 0 unspecified atom stereocenters. The first kappa shape index (κ1) is 10.4. The molecule has 3 N–H and O–H groups in total. The van der Waals surface area contributed by atoms with Gasteiger partial charge in [0.2, 0.25) is 5.91 Å². The van der Waals surface area contributed by atoms with Crippen LogP contribution in [-0.2, 0) is 9.53 Å². The molecule has 1 fully saturated rings. The van der Waals surface area contributed by atoms with Gasteiger partial charge < -0.3 is 15.8 Å². The lowest BCUT2D eigenvalue weighted by atomic mass is 10.5. The van der Waals surface area contributed by atoms with Crippen LogP contribution in [0.25, 0.3) is 0 Å². The van der Waals surface area contributed by atoms with E-state index in [2.05, 4.69) is 11.1 Å². The predicted molar refractivity (Wildman–Crippen MR) is 43.2 cm³/mol. The summed E-state index contributed by atoms with van der Waals surface area (Å²) < 4.78 is 5.13. The van der Waals surface area contributed by atoms with E-state index in [0.717, 1.165) is 26.3 Å². The Morgan fingerprint density at radius 2 is 2.09 bits per heavy atom. The number of ether oxygens (including phenoxy) is 1. The maximum absolute atomic E-state index is 9.22. The minimum atomic E-state index is -0.333. The first-order valence-corrected chi connectivity index (χ1v) is 3.78. The third kappa shape index (κ3) is 12.6. The van der Waals surface area contributed by atoms with Crippen molar-refractivity contribution < 1.29 is 9.53 Å². The molecule has 1 rings (SSSR count). The molecule has 1 heterocycles. The van der Waals surface area contributed by atoms with E-state index < -0.39 is 0 Å². The maximum atomic E-state index is 9.22. The average Bonchev–Trinajstić information content (AvgIpc) is 2.13. The van der Waals surface area contributed by atoms with Gasteiger partial charge in [-0.1, -0.05) is 0 Å². The Morgan fingerprint density at radius 1 is 1.45 bits per heavy atom. The lowest BCUT2D eigenvalue weighted by Gasteiger charge is -1.91. The second kappa shape index (κ2) is 7.50. The van der Waals surface area contributed by atoms with E-state index in [9.17, 15) is 4.79 Å². The summed E-state index contributed by atoms with van der Waals surface area (Å²) in [7, 11) is 0. The Kier molecular flexibility index (Phi) is 7.08. The van der Waals surface area contributed by atoms with Crippen molar-refractivity contribution in [3.05, 3.63) is 0 Å². The van der Waals surface area contributed by atoms with Crippen molar-refractivity contribution >= 4 is 5.91 Å². The summed E-state index contributed by atoms with van der Waals surface area (Å²) >= 11 is 0. The van der Waals surface area contributed by atoms with Crippen LogP contribution in [-0.4, -0.2) is 32.2 Å². The second-order valence-electron chi connectivity index (χ2n) is 2.33. The van der Waals surface area contributed by atoms with E-state index in [-0.39, 0.29) is 5.91 Å². The monoisotopic (exact) mass is 160 g/mol. The second-order valence-corrected chi connectivity index (χ2v) is 2.33. The first-order chi connectivity index (χ1) is 5.23. The maximum Gasteiger partial charge on any atom is 0.214 e. The number of nitrogens with two attached hydrogens (primary N) is 1. The molecule has 0 aromatic rings. The van der Waals surface area contributed by atoms with E-state index in [1.807, 2.05) is 0 Å². The molecule has 1 aliphatic heterocycles. The summed E-state index contributed by atoms with van der Waals surface area (Å²) in [5, 5.41) is 3.22. The van der Waals surface area contributed by atoms with Crippen molar-refractivity contribution in [2.45, 2.75) is 13.3 Å². The van der Waals surface area contributed by atoms with Gasteiger partial charge in [-0.2, -0.15) is 0 Å². The van der Waals surface area contributed by atoms with E-state index in [1.54, 1.807) is 0 Å². The standard InChI is InChI=1S/C5H11NO.C2H5NO/c1-2-6-3-5-7-4-1;1-2(3)4/h6H,1-5H2;1H3,(H2,3,4). The molecule has 0 bridgehead atoms. The molecular weight excluding hydrogens is 144 g/mol. The summed E-state index contributed by atoms with van der Waals surface area (Å²) in [6.45, 7) is 5.28. The quantitative estimate of drug-likeness (QED) is 0.501. The van der Waals surface area contributed by atoms with Crippen LogP contribution in [0, 0.1) is 0 Å². The summed E-state index contributed by atoms with van der Waals surface area (Å²) in [6.07, 6.45) is 1.17. The van der Waals surface area contributed by atoms with Gasteiger partial charge in [0.15, 0.2) is 0 Å². The number of amides is 1. The highest BCUT2D eigenvalue weighted by Crippen LogP contribution is 1.83. The van der Waals surface area contributed by atoms with Crippen molar-refractivity contribution in [1.29, 1.82) is 0 Å². The van der Waals surface area contributed by atoms with E-state index in [0.29, 0.717) is 0 Å². The molecule has 0 aromatic heterocycles. The molecule has 4 heteroatoms. The van der Waals surface area contributed by atoms with Gasteiger partial charge in [0, 0.05) is 20.1 Å². The average molecular weight is 160 g/mol. The zero-order chi connectivity index (χ0) is 8.53. The fraction of sp³-hybridized carbons (Fsp3) is 0.857. The highest BCUT2D eigenvalue weighted by molar-refractivity contribution is 5.70. The van der Waals surface area contributed by atoms with Crippen molar-refractivity contribution in [2.24, 2.45) is 5.73 Å². The first-order valence-electron chi connectivity index (χ1n) is 3.78. The molecule has 1 saturated heterocycles. The number of nitrogens with one attached hydrogen (secondary N) is 1. The van der Waals surface area contributed by atoms with Crippen LogP contribution in [0.1, 0.15) is 13.3 Å². The molecule has 0 aliphatic carbocycles. The molecule has 1 amide bonds. The Hall–Kier alpha value is -0.610. The lowest BCUT2D eigenvalue weighted by Crippen LogP contribution is -2.15. The molecule has 0 atom stereocenters. The Labute approximate surface area is 67.1 Å². The summed E-state index contributed by atoms with van der Waals surface area (Å²) in [6, 6.07) is 0. The molecule has 11 heavy (non-hydrogen) atoms. The van der Waals surface area contributed by atoms with Gasteiger partial charge in [0.25, 0.3) is 0 Å². The minimum Gasteiger partial charge on any atom is -0.380 e. The predicted octanol–water partition coefficient (Wildman–Crippen LogP) is -0.512. The van der Waals surface area contributed by atoms with Gasteiger partial charge in [-0.25, -0.2) is 0 Å². The van der Waals surface area contributed by atoms with Gasteiger partial charge in [-0.15, -0.1) is 0 Å². The SMILES string of the molecule is C1CNCCOC1.CC(N)=O. The number of rotatable bonds is 0. The van der Waals surface area contributed by atoms with Crippen LogP contribution < -0.4 is 11.1 Å². The molecule has 4 nitrogen and oxygen atoms in total. The summed E-state index contributed by atoms with van der Waals surface area (Å²) in [5.74, 6) is -0.333. The molecule has 66 valence electrons. The van der Waals surface area contributed by atoms with Gasteiger partial charge >= 0.3 is 0 Å². The number of hydrogen-bond acceptors (Lipinski definition) is 3. The van der Waals surface area contributed by atoms with Crippen molar-refractivity contribution in [3.63, 3.8) is 0 Å². The molecule has 1 aliphatic rings. The van der Waals surface area contributed by atoms with Crippen LogP contribution in [0.4, 0.5) is 0 Å². The largest absolute Gasteiger partial charge is 0.380 e. The third-order valence-corrected chi connectivity index (χ3v) is 1.07. The number of hydrogen-bond donors (Lipinski definition) is 2. The zero-order valence-electron chi connectivity index (χ0n) is 6.93. The molecule has 0 radical (unpaired) electrons. The fourth-order valence-corrected chi connectivity index (χ4v) is 0.671. The van der Waals surface area contributed by atoms with E-state index in [1.165, 1.54) is 13.3 Å². The van der Waals surface area contributed by atoms with E-state index in [4.69, 9.17) is 4.74 Å². The lowest BCUT2D eigenvalue weighted by molar-refractivity contribution is -0.115. The topological polar surface area (TPSA) is 64.3 Å². The Balaban J connectivity index is 0.000000218. The Morgan fingerprint density at radius 3 is 2.73 bits per heavy atom. The summed E-state index contributed by atoms with van der Waals surface area (Å²) in [5.41, 5.74) is 4.47. The van der Waals surface area contributed by atoms with Crippen LogP contribution in [0.15, 0.2) is 0 Å². The summed E-state index contributed by atoms with van der Waals surface area (Å²) in [4.78, 5) is 9.22. The van der Waals surface area contributed by atoms with Gasteiger partial charge in [-0.3, -0.25) is 4.79 Å². The van der Waals surface area contributed by atoms with Crippen LogP contribution in [0.5, 0.6) is 0 Å². The number of primary amides is 1. The van der Waals surface area contributed by atoms with Gasteiger partial charge in [0.05, 0.1) is 6.61 Å². The Bertz CT molecular complexity index is 83.0. The normalized spacial score (nSPS) is 17.5. The van der Waals surface area contributed by atoms with Crippen LogP contribution >= 0.6 is 0 Å². The molecular formula is C7H16N2O2. The molecule has 0 spiro atoms. The van der Waals surface area contributed by atoms with E-state index >= 15 is 0 Å².